The molecule has 0 aliphatic rings. The molecule has 0 saturated heterocycles. The summed E-state index contributed by atoms with van der Waals surface area (Å²) in [5.41, 5.74) is 0.613. The number of carboxylic acids is 1. The molecule has 0 radical (unpaired) electrons. The van der Waals surface area contributed by atoms with Crippen LogP contribution in [0.4, 0.5) is 0 Å². The first-order valence-corrected chi connectivity index (χ1v) is 7.17. The lowest BCUT2D eigenvalue weighted by Crippen LogP contribution is -2.34. The van der Waals surface area contributed by atoms with Gasteiger partial charge in [-0.2, -0.15) is 0 Å². The SMILES string of the molecule is CCC(C)C(=O)NC(CC(=O)O)c1ccc(OC)cc1OC. The molecule has 0 fully saturated rings. The van der Waals surface area contributed by atoms with Crippen molar-refractivity contribution in [3.63, 3.8) is 0 Å². The number of carboxylic acid groups (broad SMARTS) is 1. The van der Waals surface area contributed by atoms with Crippen LogP contribution in [-0.4, -0.2) is 31.2 Å². The second-order valence-corrected chi connectivity index (χ2v) is 5.08. The average molecular weight is 309 g/mol. The van der Waals surface area contributed by atoms with Crippen molar-refractivity contribution in [2.75, 3.05) is 14.2 Å². The van der Waals surface area contributed by atoms with Crippen LogP contribution < -0.4 is 14.8 Å². The summed E-state index contributed by atoms with van der Waals surface area (Å²) < 4.78 is 10.4. The summed E-state index contributed by atoms with van der Waals surface area (Å²) in [6.45, 7) is 3.71. The Bertz CT molecular complexity index is 529. The molecule has 2 N–H and O–H groups in total. The first kappa shape index (κ1) is 17.8. The summed E-state index contributed by atoms with van der Waals surface area (Å²) in [4.78, 5) is 23.2. The summed E-state index contributed by atoms with van der Waals surface area (Å²) >= 11 is 0. The zero-order valence-electron chi connectivity index (χ0n) is 13.4. The molecule has 0 bridgehead atoms. The molecule has 0 spiro atoms. The number of amides is 1. The van der Waals surface area contributed by atoms with E-state index >= 15 is 0 Å². The third kappa shape index (κ3) is 4.65. The predicted octanol–water partition coefficient (Wildman–Crippen LogP) is 2.38. The Kier molecular flexibility index (Phi) is 6.69. The van der Waals surface area contributed by atoms with Gasteiger partial charge in [-0.1, -0.05) is 13.8 Å². The molecule has 6 nitrogen and oxygen atoms in total. The van der Waals surface area contributed by atoms with Crippen LogP contribution in [0, 0.1) is 5.92 Å². The largest absolute Gasteiger partial charge is 0.497 e. The van der Waals surface area contributed by atoms with Gasteiger partial charge in [0.1, 0.15) is 11.5 Å². The van der Waals surface area contributed by atoms with Crippen molar-refractivity contribution in [3.8, 4) is 11.5 Å². The highest BCUT2D eigenvalue weighted by Crippen LogP contribution is 2.31. The molecular weight excluding hydrogens is 286 g/mol. The molecule has 2 atom stereocenters. The fourth-order valence-electron chi connectivity index (χ4n) is 2.02. The fraction of sp³-hybridized carbons (Fsp3) is 0.500. The Morgan fingerprint density at radius 3 is 2.45 bits per heavy atom. The molecular formula is C16H23NO5. The third-order valence-electron chi connectivity index (χ3n) is 3.57. The van der Waals surface area contributed by atoms with Crippen molar-refractivity contribution in [2.45, 2.75) is 32.7 Å². The highest BCUT2D eigenvalue weighted by molar-refractivity contribution is 5.80. The highest BCUT2D eigenvalue weighted by atomic mass is 16.5. The first-order valence-electron chi connectivity index (χ1n) is 7.17. The Hall–Kier alpha value is -2.24. The normalized spacial score (nSPS) is 13.1. The van der Waals surface area contributed by atoms with Crippen LogP contribution in [0.25, 0.3) is 0 Å². The molecule has 22 heavy (non-hydrogen) atoms. The molecule has 0 aromatic heterocycles. The Morgan fingerprint density at radius 2 is 1.95 bits per heavy atom. The molecule has 1 amide bonds. The van der Waals surface area contributed by atoms with Crippen LogP contribution in [0.5, 0.6) is 11.5 Å². The van der Waals surface area contributed by atoms with Gasteiger partial charge in [0.05, 0.1) is 26.7 Å². The minimum Gasteiger partial charge on any atom is -0.497 e. The van der Waals surface area contributed by atoms with Crippen LogP contribution in [0.3, 0.4) is 0 Å². The van der Waals surface area contributed by atoms with Crippen LogP contribution >= 0.6 is 0 Å². The van der Waals surface area contributed by atoms with Crippen LogP contribution in [-0.2, 0) is 9.59 Å². The molecule has 6 heteroatoms. The number of hydrogen-bond donors (Lipinski definition) is 2. The average Bonchev–Trinajstić information content (AvgIpc) is 2.52. The van der Waals surface area contributed by atoms with E-state index in [1.54, 1.807) is 25.1 Å². The van der Waals surface area contributed by atoms with E-state index in [-0.39, 0.29) is 18.2 Å². The molecule has 0 aliphatic heterocycles. The number of benzene rings is 1. The van der Waals surface area contributed by atoms with Crippen molar-refractivity contribution in [1.29, 1.82) is 0 Å². The van der Waals surface area contributed by atoms with Crippen LogP contribution in [0.2, 0.25) is 0 Å². The van der Waals surface area contributed by atoms with Gasteiger partial charge >= 0.3 is 5.97 Å². The predicted molar refractivity (Wildman–Crippen MR) is 82.1 cm³/mol. The maximum Gasteiger partial charge on any atom is 0.305 e. The number of methoxy groups -OCH3 is 2. The topological polar surface area (TPSA) is 84.9 Å². The number of ether oxygens (including phenoxy) is 2. The van der Waals surface area contributed by atoms with Gasteiger partial charge in [-0.25, -0.2) is 0 Å². The van der Waals surface area contributed by atoms with E-state index in [1.807, 2.05) is 6.92 Å². The lowest BCUT2D eigenvalue weighted by atomic mass is 10.0. The second kappa shape index (κ2) is 8.26. The van der Waals surface area contributed by atoms with Crippen molar-refractivity contribution in [2.24, 2.45) is 5.92 Å². The zero-order valence-corrected chi connectivity index (χ0v) is 13.4. The highest BCUT2D eigenvalue weighted by Gasteiger charge is 2.23. The van der Waals surface area contributed by atoms with Gasteiger partial charge in [-0.3, -0.25) is 9.59 Å². The monoisotopic (exact) mass is 309 g/mol. The van der Waals surface area contributed by atoms with Gasteiger partial charge in [0, 0.05) is 17.5 Å². The standard InChI is InChI=1S/C16H23NO5/c1-5-10(2)16(20)17-13(9-15(18)19)12-7-6-11(21-3)8-14(12)22-4/h6-8,10,13H,5,9H2,1-4H3,(H,17,20)(H,18,19). The minimum absolute atomic E-state index is 0.174. The van der Waals surface area contributed by atoms with Crippen molar-refractivity contribution < 1.29 is 24.2 Å². The van der Waals surface area contributed by atoms with Gasteiger partial charge in [0.15, 0.2) is 0 Å². The molecule has 0 heterocycles. The van der Waals surface area contributed by atoms with Crippen LogP contribution in [0.1, 0.15) is 38.3 Å². The number of rotatable bonds is 8. The van der Waals surface area contributed by atoms with E-state index in [0.29, 0.717) is 23.5 Å². The van der Waals surface area contributed by atoms with E-state index in [2.05, 4.69) is 5.32 Å². The van der Waals surface area contributed by atoms with E-state index in [1.165, 1.54) is 14.2 Å². The summed E-state index contributed by atoms with van der Waals surface area (Å²) in [7, 11) is 3.03. The quantitative estimate of drug-likeness (QED) is 0.770. The van der Waals surface area contributed by atoms with E-state index in [4.69, 9.17) is 14.6 Å². The Balaban J connectivity index is 3.10. The van der Waals surface area contributed by atoms with Gasteiger partial charge in [0.2, 0.25) is 5.91 Å². The molecule has 1 aromatic carbocycles. The number of carbonyl (C=O) groups excluding carboxylic acids is 1. The first-order chi connectivity index (χ1) is 10.4. The Labute approximate surface area is 130 Å². The van der Waals surface area contributed by atoms with Crippen molar-refractivity contribution in [1.82, 2.24) is 5.32 Å². The molecule has 0 aliphatic carbocycles. The van der Waals surface area contributed by atoms with Gasteiger partial charge in [-0.05, 0) is 18.6 Å². The van der Waals surface area contributed by atoms with E-state index < -0.39 is 12.0 Å². The second-order valence-electron chi connectivity index (χ2n) is 5.08. The minimum atomic E-state index is -0.993. The van der Waals surface area contributed by atoms with Gasteiger partial charge in [-0.15, -0.1) is 0 Å². The number of hydrogen-bond acceptors (Lipinski definition) is 4. The number of nitrogens with one attached hydrogen (secondary N) is 1. The number of aliphatic carboxylic acids is 1. The van der Waals surface area contributed by atoms with Crippen molar-refractivity contribution in [3.05, 3.63) is 23.8 Å². The molecule has 0 saturated carbocycles. The van der Waals surface area contributed by atoms with E-state index in [0.717, 1.165) is 0 Å². The third-order valence-corrected chi connectivity index (χ3v) is 3.57. The van der Waals surface area contributed by atoms with E-state index in [9.17, 15) is 9.59 Å². The summed E-state index contributed by atoms with van der Waals surface area (Å²) in [6, 6.07) is 4.43. The summed E-state index contributed by atoms with van der Waals surface area (Å²) in [5.74, 6) is -0.266. The maximum absolute atomic E-state index is 12.1. The molecule has 1 aromatic rings. The van der Waals surface area contributed by atoms with Gasteiger partial charge in [0.25, 0.3) is 0 Å². The summed E-state index contributed by atoms with van der Waals surface area (Å²) in [5, 5.41) is 11.9. The Morgan fingerprint density at radius 1 is 1.27 bits per heavy atom. The van der Waals surface area contributed by atoms with Gasteiger partial charge < -0.3 is 19.9 Å². The molecule has 1 rings (SSSR count). The molecule has 122 valence electrons. The summed E-state index contributed by atoms with van der Waals surface area (Å²) in [6.07, 6.45) is 0.468. The zero-order chi connectivity index (χ0) is 16.7. The maximum atomic E-state index is 12.1. The number of carbonyl (C=O) groups is 2. The van der Waals surface area contributed by atoms with Crippen LogP contribution in [0.15, 0.2) is 18.2 Å². The smallest absolute Gasteiger partial charge is 0.305 e. The molecule has 2 unspecified atom stereocenters. The lowest BCUT2D eigenvalue weighted by molar-refractivity contribution is -0.137. The lowest BCUT2D eigenvalue weighted by Gasteiger charge is -2.22. The van der Waals surface area contributed by atoms with Crippen molar-refractivity contribution >= 4 is 11.9 Å². The fourth-order valence-corrected chi connectivity index (χ4v) is 2.02.